The molecule has 0 bridgehead atoms. The van der Waals surface area contributed by atoms with Gasteiger partial charge in [0.2, 0.25) is 0 Å². The van der Waals surface area contributed by atoms with E-state index >= 15 is 0 Å². The first kappa shape index (κ1) is 15.4. The van der Waals surface area contributed by atoms with E-state index in [-0.39, 0.29) is 0 Å². The maximum absolute atomic E-state index is 12.6. The number of hydrogen-bond acceptors (Lipinski definition) is 4. The van der Waals surface area contributed by atoms with E-state index in [4.69, 9.17) is 0 Å². The molecule has 2 rings (SSSR count). The second-order valence-electron chi connectivity index (χ2n) is 4.71. The van der Waals surface area contributed by atoms with Crippen molar-refractivity contribution in [3.05, 3.63) is 15.9 Å². The Kier molecular flexibility index (Phi) is 5.42. The third-order valence-corrected chi connectivity index (χ3v) is 7.45. The molecular formula is C12H19BrN2O2S2. The van der Waals surface area contributed by atoms with Gasteiger partial charge in [-0.15, -0.1) is 11.3 Å². The van der Waals surface area contributed by atoms with Crippen LogP contribution in [0.2, 0.25) is 0 Å². The molecule has 0 aromatic carbocycles. The van der Waals surface area contributed by atoms with Crippen LogP contribution < -0.4 is 5.32 Å². The smallest absolute Gasteiger partial charge is 0.252 e. The molecule has 1 aromatic rings. The van der Waals surface area contributed by atoms with Crippen molar-refractivity contribution in [1.82, 2.24) is 9.62 Å². The maximum atomic E-state index is 12.6. The zero-order valence-corrected chi connectivity index (χ0v) is 14.2. The minimum Gasteiger partial charge on any atom is -0.317 e. The third-order valence-electron chi connectivity index (χ3n) is 3.42. The zero-order chi connectivity index (χ0) is 13.9. The van der Waals surface area contributed by atoms with Gasteiger partial charge in [0, 0.05) is 13.1 Å². The molecule has 0 atom stereocenters. The van der Waals surface area contributed by atoms with Crippen LogP contribution in [0.3, 0.4) is 0 Å². The Balaban J connectivity index is 2.11. The predicted octanol–water partition coefficient (Wildman–Crippen LogP) is 2.52. The van der Waals surface area contributed by atoms with Gasteiger partial charge in [0.15, 0.2) is 0 Å². The van der Waals surface area contributed by atoms with Crippen LogP contribution in [0.5, 0.6) is 0 Å². The van der Waals surface area contributed by atoms with Gasteiger partial charge >= 0.3 is 0 Å². The number of sulfonamides is 1. The van der Waals surface area contributed by atoms with Crippen molar-refractivity contribution >= 4 is 37.3 Å². The van der Waals surface area contributed by atoms with Gasteiger partial charge in [0.25, 0.3) is 10.0 Å². The summed E-state index contributed by atoms with van der Waals surface area (Å²) in [7, 11) is -3.33. The Hall–Kier alpha value is 0.0500. The van der Waals surface area contributed by atoms with Gasteiger partial charge in [-0.25, -0.2) is 8.42 Å². The quantitative estimate of drug-likeness (QED) is 0.870. The minimum absolute atomic E-state index is 0.426. The fourth-order valence-electron chi connectivity index (χ4n) is 2.31. The van der Waals surface area contributed by atoms with E-state index in [1.807, 2.05) is 6.92 Å². The zero-order valence-electron chi connectivity index (χ0n) is 10.9. The summed E-state index contributed by atoms with van der Waals surface area (Å²) in [5.41, 5.74) is 0. The van der Waals surface area contributed by atoms with Crippen LogP contribution in [0, 0.1) is 5.92 Å². The van der Waals surface area contributed by atoms with E-state index in [0.29, 0.717) is 23.2 Å². The van der Waals surface area contributed by atoms with Crippen molar-refractivity contribution in [3.8, 4) is 0 Å². The van der Waals surface area contributed by atoms with Crippen LogP contribution in [0.15, 0.2) is 20.1 Å². The molecule has 0 unspecified atom stereocenters. The summed E-state index contributed by atoms with van der Waals surface area (Å²) in [6.07, 6.45) is 2.11. The van der Waals surface area contributed by atoms with E-state index in [1.165, 1.54) is 11.3 Å². The topological polar surface area (TPSA) is 49.4 Å². The number of nitrogens with zero attached hydrogens (tertiary/aromatic N) is 1. The maximum Gasteiger partial charge on any atom is 0.252 e. The van der Waals surface area contributed by atoms with E-state index in [1.54, 1.807) is 16.4 Å². The van der Waals surface area contributed by atoms with E-state index in [9.17, 15) is 8.42 Å². The molecular weight excluding hydrogens is 348 g/mol. The fraction of sp³-hybridized carbons (Fsp3) is 0.667. The van der Waals surface area contributed by atoms with Gasteiger partial charge < -0.3 is 5.32 Å². The molecule has 7 heteroatoms. The Labute approximate surface area is 127 Å². The summed E-state index contributed by atoms with van der Waals surface area (Å²) in [4.78, 5) is 0. The SMILES string of the molecule is CCN(CC1CCNCC1)S(=O)(=O)c1ccc(Br)s1. The number of hydrogen-bond donors (Lipinski definition) is 1. The highest BCUT2D eigenvalue weighted by atomic mass is 79.9. The van der Waals surface area contributed by atoms with Crippen LogP contribution in [-0.4, -0.2) is 38.9 Å². The van der Waals surface area contributed by atoms with Gasteiger partial charge in [-0.1, -0.05) is 6.92 Å². The summed E-state index contributed by atoms with van der Waals surface area (Å²) in [6, 6.07) is 3.46. The fourth-order valence-corrected chi connectivity index (χ4v) is 6.00. The molecule has 0 aliphatic carbocycles. The summed E-state index contributed by atoms with van der Waals surface area (Å²) >= 11 is 4.60. The van der Waals surface area contributed by atoms with E-state index < -0.39 is 10.0 Å². The van der Waals surface area contributed by atoms with E-state index in [0.717, 1.165) is 29.7 Å². The Bertz CT molecular complexity index is 510. The van der Waals surface area contributed by atoms with Crippen molar-refractivity contribution in [3.63, 3.8) is 0 Å². The molecule has 1 aliphatic heterocycles. The summed E-state index contributed by atoms with van der Waals surface area (Å²) in [5.74, 6) is 0.472. The van der Waals surface area contributed by atoms with Crippen LogP contribution >= 0.6 is 27.3 Å². The second kappa shape index (κ2) is 6.67. The lowest BCUT2D eigenvalue weighted by atomic mass is 9.98. The molecule has 1 fully saturated rings. The van der Waals surface area contributed by atoms with Crippen molar-refractivity contribution < 1.29 is 8.42 Å². The molecule has 0 spiro atoms. The first-order chi connectivity index (χ1) is 9.04. The normalized spacial score (nSPS) is 18.1. The second-order valence-corrected chi connectivity index (χ2v) is 9.34. The lowest BCUT2D eigenvalue weighted by Crippen LogP contribution is -2.39. The average molecular weight is 367 g/mol. The van der Waals surface area contributed by atoms with Crippen LogP contribution in [0.1, 0.15) is 19.8 Å². The third kappa shape index (κ3) is 3.78. The largest absolute Gasteiger partial charge is 0.317 e. The molecule has 1 N–H and O–H groups in total. The highest BCUT2D eigenvalue weighted by Crippen LogP contribution is 2.29. The molecule has 2 heterocycles. The number of halogens is 1. The van der Waals surface area contributed by atoms with Gasteiger partial charge in [0.1, 0.15) is 4.21 Å². The minimum atomic E-state index is -3.33. The highest BCUT2D eigenvalue weighted by molar-refractivity contribution is 9.11. The van der Waals surface area contributed by atoms with Gasteiger partial charge in [-0.3, -0.25) is 0 Å². The molecule has 4 nitrogen and oxygen atoms in total. The van der Waals surface area contributed by atoms with Crippen molar-refractivity contribution in [2.75, 3.05) is 26.2 Å². The molecule has 19 heavy (non-hydrogen) atoms. The molecule has 0 radical (unpaired) electrons. The van der Waals surface area contributed by atoms with Crippen molar-refractivity contribution in [2.45, 2.75) is 24.0 Å². The van der Waals surface area contributed by atoms with E-state index in [2.05, 4.69) is 21.2 Å². The van der Waals surface area contributed by atoms with Gasteiger partial charge in [-0.2, -0.15) is 4.31 Å². The molecule has 1 saturated heterocycles. The highest BCUT2D eigenvalue weighted by Gasteiger charge is 2.27. The molecule has 1 aromatic heterocycles. The van der Waals surface area contributed by atoms with Crippen LogP contribution in [0.4, 0.5) is 0 Å². The lowest BCUT2D eigenvalue weighted by Gasteiger charge is -2.28. The Morgan fingerprint density at radius 3 is 2.63 bits per heavy atom. The van der Waals surface area contributed by atoms with Gasteiger partial charge in [0.05, 0.1) is 3.79 Å². The number of thiophene rings is 1. The predicted molar refractivity (Wildman–Crippen MR) is 82.0 cm³/mol. The number of nitrogens with one attached hydrogen (secondary N) is 1. The van der Waals surface area contributed by atoms with Crippen molar-refractivity contribution in [2.24, 2.45) is 5.92 Å². The monoisotopic (exact) mass is 366 g/mol. The standard InChI is InChI=1S/C12H19BrN2O2S2/c1-2-15(9-10-5-7-14-8-6-10)19(16,17)12-4-3-11(13)18-12/h3-4,10,14H,2,5-9H2,1H3. The molecule has 1 aliphatic rings. The lowest BCUT2D eigenvalue weighted by molar-refractivity contribution is 0.294. The van der Waals surface area contributed by atoms with Crippen molar-refractivity contribution in [1.29, 1.82) is 0 Å². The molecule has 0 saturated carbocycles. The Morgan fingerprint density at radius 1 is 1.42 bits per heavy atom. The summed E-state index contributed by atoms with van der Waals surface area (Å²) in [5, 5.41) is 3.31. The first-order valence-electron chi connectivity index (χ1n) is 6.50. The number of rotatable bonds is 5. The summed E-state index contributed by atoms with van der Waals surface area (Å²) in [6.45, 7) is 5.05. The first-order valence-corrected chi connectivity index (χ1v) is 9.55. The van der Waals surface area contributed by atoms with Crippen LogP contribution in [-0.2, 0) is 10.0 Å². The Morgan fingerprint density at radius 2 is 2.11 bits per heavy atom. The average Bonchev–Trinajstić information content (AvgIpc) is 2.84. The molecule has 108 valence electrons. The van der Waals surface area contributed by atoms with Crippen LogP contribution in [0.25, 0.3) is 0 Å². The summed E-state index contributed by atoms with van der Waals surface area (Å²) < 4.78 is 28.0. The van der Waals surface area contributed by atoms with Gasteiger partial charge in [-0.05, 0) is 59.9 Å². The number of piperidine rings is 1. The molecule has 0 amide bonds.